The van der Waals surface area contributed by atoms with Gasteiger partial charge in [0.25, 0.3) is 0 Å². The lowest BCUT2D eigenvalue weighted by Gasteiger charge is -2.19. The second-order valence-corrected chi connectivity index (χ2v) is 4.40. The number of fused-ring (bicyclic) bond motifs is 1. The molecule has 0 unspecified atom stereocenters. The van der Waals surface area contributed by atoms with Crippen LogP contribution in [0.5, 0.6) is 0 Å². The van der Waals surface area contributed by atoms with Crippen LogP contribution in [0.3, 0.4) is 0 Å². The van der Waals surface area contributed by atoms with E-state index in [2.05, 4.69) is 19.8 Å². The summed E-state index contributed by atoms with van der Waals surface area (Å²) in [5.41, 5.74) is 1.46. The van der Waals surface area contributed by atoms with Gasteiger partial charge in [-0.15, -0.1) is 0 Å². The van der Waals surface area contributed by atoms with E-state index in [-0.39, 0.29) is 5.54 Å². The van der Waals surface area contributed by atoms with Gasteiger partial charge < -0.3 is 0 Å². The molecule has 80 valence electrons. The van der Waals surface area contributed by atoms with Gasteiger partial charge in [0, 0.05) is 0 Å². The lowest BCUT2D eigenvalue weighted by Crippen LogP contribution is -2.24. The molecule has 2 heterocycles. The molecule has 0 aliphatic rings. The van der Waals surface area contributed by atoms with E-state index < -0.39 is 5.76 Å². The third kappa shape index (κ3) is 1.51. The van der Waals surface area contributed by atoms with E-state index in [1.165, 1.54) is 0 Å². The number of aryl methyl sites for hydroxylation is 1. The largest absolute Gasteiger partial charge is 0.461 e. The van der Waals surface area contributed by atoms with Crippen LogP contribution in [0, 0.1) is 6.92 Å². The van der Waals surface area contributed by atoms with Gasteiger partial charge in [0.05, 0.1) is 11.2 Å². The molecule has 0 saturated heterocycles. The summed E-state index contributed by atoms with van der Waals surface area (Å²) < 4.78 is 6.16. The molecule has 0 N–H and O–H groups in total. The zero-order chi connectivity index (χ0) is 11.2. The summed E-state index contributed by atoms with van der Waals surface area (Å²) in [5.74, 6) is -0.701. The monoisotopic (exact) mass is 208 g/mol. The Labute approximate surface area is 85.9 Å². The predicted octanol–water partition coefficient (Wildman–Crippen LogP) is 0.843. The molecular weight excluding hydrogens is 196 g/mol. The Hall–Kier alpha value is -1.72. The van der Waals surface area contributed by atoms with Crippen molar-refractivity contribution in [1.29, 1.82) is 0 Å². The van der Waals surface area contributed by atoms with Crippen LogP contribution in [0.2, 0.25) is 0 Å². The Morgan fingerprint density at radius 3 is 2.60 bits per heavy atom. The molecule has 0 spiro atoms. The number of rotatable bonds is 0. The van der Waals surface area contributed by atoms with Crippen LogP contribution >= 0.6 is 0 Å². The maximum Gasteiger partial charge on any atom is 0.461 e. The van der Waals surface area contributed by atoms with E-state index in [1.54, 1.807) is 11.6 Å². The van der Waals surface area contributed by atoms with Crippen LogP contribution in [0.4, 0.5) is 0 Å². The zero-order valence-electron chi connectivity index (χ0n) is 9.11. The topological polar surface area (TPSA) is 73.8 Å². The molecular formula is C9H12N4O2. The quantitative estimate of drug-likeness (QED) is 0.641. The third-order valence-corrected chi connectivity index (χ3v) is 2.05. The summed E-state index contributed by atoms with van der Waals surface area (Å²) in [4.78, 5) is 14.8. The molecule has 0 radical (unpaired) electrons. The van der Waals surface area contributed by atoms with Crippen molar-refractivity contribution in [3.63, 3.8) is 0 Å². The van der Waals surface area contributed by atoms with Crippen LogP contribution in [0.25, 0.3) is 11.2 Å². The van der Waals surface area contributed by atoms with Crippen molar-refractivity contribution in [2.45, 2.75) is 33.2 Å². The number of hydrogen-bond donors (Lipinski definition) is 0. The van der Waals surface area contributed by atoms with Crippen molar-refractivity contribution in [2.24, 2.45) is 0 Å². The van der Waals surface area contributed by atoms with E-state index >= 15 is 0 Å². The first kappa shape index (κ1) is 9.82. The van der Waals surface area contributed by atoms with Gasteiger partial charge in [-0.3, -0.25) is 4.52 Å². The SMILES string of the molecule is Cc1nn(C(C)(C)C)c2nc(=O)onc12. The molecule has 2 aromatic rings. The standard InChI is InChI=1S/C9H12N4O2/c1-5-6-7(10-8(14)15-12-6)13(11-5)9(2,3)4/h1-4H3. The van der Waals surface area contributed by atoms with Gasteiger partial charge in [-0.25, -0.2) is 9.48 Å². The Balaban J connectivity index is 2.87. The van der Waals surface area contributed by atoms with Gasteiger partial charge >= 0.3 is 5.76 Å². The van der Waals surface area contributed by atoms with Gasteiger partial charge in [-0.1, -0.05) is 5.16 Å². The molecule has 15 heavy (non-hydrogen) atoms. The molecule has 0 fully saturated rings. The van der Waals surface area contributed by atoms with Crippen molar-refractivity contribution in [2.75, 3.05) is 0 Å². The first-order valence-electron chi connectivity index (χ1n) is 4.63. The Morgan fingerprint density at radius 1 is 1.33 bits per heavy atom. The predicted molar refractivity (Wildman–Crippen MR) is 53.6 cm³/mol. The second-order valence-electron chi connectivity index (χ2n) is 4.40. The molecule has 0 bridgehead atoms. The van der Waals surface area contributed by atoms with Gasteiger partial charge in [-0.05, 0) is 27.7 Å². The van der Waals surface area contributed by atoms with Gasteiger partial charge in [0.2, 0.25) is 0 Å². The Morgan fingerprint density at radius 2 is 2.00 bits per heavy atom. The molecule has 2 aromatic heterocycles. The van der Waals surface area contributed by atoms with Crippen LogP contribution in [-0.2, 0) is 5.54 Å². The van der Waals surface area contributed by atoms with E-state index in [1.807, 2.05) is 20.8 Å². The lowest BCUT2D eigenvalue weighted by atomic mass is 10.1. The fourth-order valence-corrected chi connectivity index (χ4v) is 1.37. The third-order valence-electron chi connectivity index (χ3n) is 2.05. The van der Waals surface area contributed by atoms with Crippen LogP contribution in [-0.4, -0.2) is 19.9 Å². The highest BCUT2D eigenvalue weighted by Crippen LogP contribution is 2.20. The maximum absolute atomic E-state index is 11.0. The first-order valence-corrected chi connectivity index (χ1v) is 4.63. The molecule has 0 aliphatic carbocycles. The molecule has 0 aliphatic heterocycles. The molecule has 0 atom stereocenters. The van der Waals surface area contributed by atoms with Gasteiger partial charge in [0.1, 0.15) is 0 Å². The summed E-state index contributed by atoms with van der Waals surface area (Å²) >= 11 is 0. The van der Waals surface area contributed by atoms with Gasteiger partial charge in [0.15, 0.2) is 11.2 Å². The number of nitrogens with zero attached hydrogens (tertiary/aromatic N) is 4. The van der Waals surface area contributed by atoms with E-state index in [4.69, 9.17) is 0 Å². The van der Waals surface area contributed by atoms with E-state index in [9.17, 15) is 4.79 Å². The molecule has 0 saturated carbocycles. The summed E-state index contributed by atoms with van der Waals surface area (Å²) in [7, 11) is 0. The zero-order valence-corrected chi connectivity index (χ0v) is 9.11. The fourth-order valence-electron chi connectivity index (χ4n) is 1.37. The van der Waals surface area contributed by atoms with E-state index in [0.717, 1.165) is 0 Å². The van der Waals surface area contributed by atoms with Crippen molar-refractivity contribution in [3.05, 3.63) is 16.2 Å². The molecule has 2 rings (SSSR count). The van der Waals surface area contributed by atoms with Gasteiger partial charge in [-0.2, -0.15) is 10.1 Å². The molecule has 6 nitrogen and oxygen atoms in total. The normalized spacial score (nSPS) is 12.3. The summed E-state index contributed by atoms with van der Waals surface area (Å²) in [6.07, 6.45) is 0. The van der Waals surface area contributed by atoms with E-state index in [0.29, 0.717) is 16.9 Å². The minimum atomic E-state index is -0.701. The minimum absolute atomic E-state index is 0.241. The molecule has 0 amide bonds. The highest BCUT2D eigenvalue weighted by atomic mass is 16.5. The maximum atomic E-state index is 11.0. The summed E-state index contributed by atoms with van der Waals surface area (Å²) in [6, 6.07) is 0. The molecule has 0 aromatic carbocycles. The van der Waals surface area contributed by atoms with Crippen molar-refractivity contribution >= 4 is 11.2 Å². The van der Waals surface area contributed by atoms with Crippen molar-refractivity contribution < 1.29 is 4.52 Å². The van der Waals surface area contributed by atoms with Crippen LogP contribution in [0.15, 0.2) is 9.32 Å². The van der Waals surface area contributed by atoms with Crippen LogP contribution in [0.1, 0.15) is 26.5 Å². The Bertz CT molecular complexity index is 561. The average molecular weight is 208 g/mol. The first-order chi connectivity index (χ1) is 6.89. The summed E-state index contributed by atoms with van der Waals surface area (Å²) in [5, 5.41) is 7.98. The second kappa shape index (κ2) is 2.88. The molecule has 6 heteroatoms. The minimum Gasteiger partial charge on any atom is -0.296 e. The number of aromatic nitrogens is 4. The van der Waals surface area contributed by atoms with Crippen molar-refractivity contribution in [1.82, 2.24) is 19.9 Å². The highest BCUT2D eigenvalue weighted by molar-refractivity contribution is 5.72. The lowest BCUT2D eigenvalue weighted by molar-refractivity contribution is 0.349. The fraction of sp³-hybridized carbons (Fsp3) is 0.556. The Kier molecular flexibility index (Phi) is 1.89. The average Bonchev–Trinajstić information content (AvgIpc) is 2.42. The highest BCUT2D eigenvalue weighted by Gasteiger charge is 2.21. The van der Waals surface area contributed by atoms with Crippen molar-refractivity contribution in [3.8, 4) is 0 Å². The summed E-state index contributed by atoms with van der Waals surface area (Å²) in [6.45, 7) is 7.75. The smallest absolute Gasteiger partial charge is 0.296 e. The van der Waals surface area contributed by atoms with Crippen LogP contribution < -0.4 is 5.76 Å². The number of hydrogen-bond acceptors (Lipinski definition) is 5.